The average Bonchev–Trinajstić information content (AvgIpc) is 2.71. The maximum atomic E-state index is 11.9. The molecule has 0 aliphatic carbocycles. The number of sulfonamides is 1. The fourth-order valence-corrected chi connectivity index (χ4v) is 3.53. The smallest absolute Gasteiger partial charge is 0.260 e. The lowest BCUT2D eigenvalue weighted by atomic mass is 10.2. The normalized spacial score (nSPS) is 15.8. The third-order valence-electron chi connectivity index (χ3n) is 2.86. The molecule has 0 spiro atoms. The largest absolute Gasteiger partial charge is 0.285 e. The number of fused-ring (bicyclic) bond motifs is 1. The predicted octanol–water partition coefficient (Wildman–Crippen LogP) is 2.52. The molecule has 0 bridgehead atoms. The summed E-state index contributed by atoms with van der Waals surface area (Å²) < 4.78 is 28.3. The molecule has 7 heteroatoms. The highest BCUT2D eigenvalue weighted by atomic mass is 79.9. The first-order valence-corrected chi connectivity index (χ1v) is 8.28. The Labute approximate surface area is 130 Å². The fourth-order valence-electron chi connectivity index (χ4n) is 1.94. The Morgan fingerprint density at radius 3 is 2.76 bits per heavy atom. The summed E-state index contributed by atoms with van der Waals surface area (Å²) >= 11 is 3.37. The van der Waals surface area contributed by atoms with E-state index in [1.54, 1.807) is 24.4 Å². The first-order valence-electron chi connectivity index (χ1n) is 6.05. The average molecular weight is 364 g/mol. The highest BCUT2D eigenvalue weighted by Crippen LogP contribution is 2.24. The summed E-state index contributed by atoms with van der Waals surface area (Å²) in [5, 5.41) is 4.04. The molecule has 0 aromatic heterocycles. The lowest BCUT2D eigenvalue weighted by molar-refractivity contribution is 0.599. The molecule has 0 amide bonds. The van der Waals surface area contributed by atoms with Crippen LogP contribution in [0.2, 0.25) is 0 Å². The molecule has 0 saturated carbocycles. The second kappa shape index (κ2) is 5.42. The van der Waals surface area contributed by atoms with Crippen LogP contribution in [0.5, 0.6) is 0 Å². The summed E-state index contributed by atoms with van der Waals surface area (Å²) in [7, 11) is -3.61. The van der Waals surface area contributed by atoms with Gasteiger partial charge in [0, 0.05) is 10.0 Å². The van der Waals surface area contributed by atoms with E-state index < -0.39 is 10.0 Å². The molecule has 2 aromatic rings. The molecule has 0 saturated heterocycles. The minimum atomic E-state index is -3.61. The van der Waals surface area contributed by atoms with Crippen molar-refractivity contribution in [2.75, 3.05) is 0 Å². The van der Waals surface area contributed by atoms with Crippen molar-refractivity contribution in [3.8, 4) is 0 Å². The van der Waals surface area contributed by atoms with Gasteiger partial charge in [-0.3, -0.25) is 5.43 Å². The number of amidine groups is 1. The van der Waals surface area contributed by atoms with Crippen LogP contribution in [0.1, 0.15) is 11.1 Å². The Balaban J connectivity index is 1.84. The molecule has 21 heavy (non-hydrogen) atoms. The summed E-state index contributed by atoms with van der Waals surface area (Å²) in [4.78, 5) is 0.199. The molecule has 0 radical (unpaired) electrons. The zero-order valence-corrected chi connectivity index (χ0v) is 13.1. The van der Waals surface area contributed by atoms with E-state index in [0.717, 1.165) is 10.0 Å². The van der Waals surface area contributed by atoms with Crippen molar-refractivity contribution in [3.63, 3.8) is 0 Å². The van der Waals surface area contributed by atoms with Gasteiger partial charge < -0.3 is 0 Å². The van der Waals surface area contributed by atoms with E-state index >= 15 is 0 Å². The van der Waals surface area contributed by atoms with Crippen molar-refractivity contribution < 1.29 is 8.42 Å². The summed E-state index contributed by atoms with van der Waals surface area (Å²) in [5.74, 6) is 0.233. The van der Waals surface area contributed by atoms with Crippen molar-refractivity contribution in [1.82, 2.24) is 5.43 Å². The molecule has 1 aliphatic rings. The van der Waals surface area contributed by atoms with E-state index in [2.05, 4.69) is 30.9 Å². The van der Waals surface area contributed by atoms with Gasteiger partial charge in [0.15, 0.2) is 5.84 Å². The minimum absolute atomic E-state index is 0.199. The summed E-state index contributed by atoms with van der Waals surface area (Å²) in [5.41, 5.74) is 4.10. The Bertz CT molecular complexity index is 860. The number of hydrogen-bond acceptors (Lipinski definition) is 4. The Morgan fingerprint density at radius 2 is 1.95 bits per heavy atom. The van der Waals surface area contributed by atoms with Gasteiger partial charge in [0.1, 0.15) is 4.90 Å². The molecule has 1 N–H and O–H groups in total. The molecule has 2 aromatic carbocycles. The number of nitrogens with one attached hydrogen (secondary N) is 1. The molecular weight excluding hydrogens is 354 g/mol. The first-order chi connectivity index (χ1) is 10.1. The van der Waals surface area contributed by atoms with Crippen molar-refractivity contribution in [2.45, 2.75) is 4.90 Å². The molecule has 0 fully saturated rings. The molecule has 1 heterocycles. The van der Waals surface area contributed by atoms with Gasteiger partial charge in [-0.25, -0.2) is 0 Å². The van der Waals surface area contributed by atoms with Crippen LogP contribution in [-0.4, -0.2) is 20.5 Å². The second-order valence-electron chi connectivity index (χ2n) is 4.34. The van der Waals surface area contributed by atoms with Gasteiger partial charge in [0.05, 0.1) is 6.21 Å². The molecule has 106 valence electrons. The zero-order chi connectivity index (χ0) is 14.9. The lowest BCUT2D eigenvalue weighted by Crippen LogP contribution is -2.17. The van der Waals surface area contributed by atoms with Crippen LogP contribution in [0.3, 0.4) is 0 Å². The number of nitrogens with zero attached hydrogens (tertiary/aromatic N) is 2. The summed E-state index contributed by atoms with van der Waals surface area (Å²) in [6, 6.07) is 14.2. The topological polar surface area (TPSA) is 70.9 Å². The maximum Gasteiger partial charge on any atom is 0.285 e. The number of benzene rings is 2. The van der Waals surface area contributed by atoms with Crippen molar-refractivity contribution >= 4 is 38.0 Å². The molecule has 5 nitrogen and oxygen atoms in total. The van der Waals surface area contributed by atoms with Crippen LogP contribution < -0.4 is 5.43 Å². The van der Waals surface area contributed by atoms with Crippen LogP contribution in [0.15, 0.2) is 67.4 Å². The fraction of sp³-hybridized carbons (Fsp3) is 0. The van der Waals surface area contributed by atoms with Gasteiger partial charge in [-0.2, -0.15) is 13.5 Å². The maximum absolute atomic E-state index is 11.9. The molecule has 1 aliphatic heterocycles. The SMILES string of the molecule is O=S1(=O)N=C(N/N=C/c2cccc(Br)c2)c2ccccc21. The Hall–Kier alpha value is -1.99. The van der Waals surface area contributed by atoms with E-state index in [0.29, 0.717) is 5.56 Å². The van der Waals surface area contributed by atoms with Crippen molar-refractivity contribution in [1.29, 1.82) is 0 Å². The third kappa shape index (κ3) is 2.88. The van der Waals surface area contributed by atoms with Gasteiger partial charge >= 0.3 is 0 Å². The van der Waals surface area contributed by atoms with E-state index in [9.17, 15) is 8.42 Å². The first kappa shape index (κ1) is 14.0. The highest BCUT2D eigenvalue weighted by molar-refractivity contribution is 9.10. The number of rotatable bonds is 2. The minimum Gasteiger partial charge on any atom is -0.260 e. The standard InChI is InChI=1S/C14H10BrN3O2S/c15-11-5-3-4-10(8-11)9-16-17-14-12-6-1-2-7-13(12)21(19,20)18-14/h1-9H,(H,17,18)/b16-9+. The number of hydrazone groups is 1. The van der Waals surface area contributed by atoms with Crippen LogP contribution in [0.25, 0.3) is 0 Å². The monoisotopic (exact) mass is 363 g/mol. The summed E-state index contributed by atoms with van der Waals surface area (Å²) in [6.07, 6.45) is 1.60. The van der Waals surface area contributed by atoms with Gasteiger partial charge in [-0.05, 0) is 29.8 Å². The van der Waals surface area contributed by atoms with Crippen LogP contribution in [-0.2, 0) is 10.0 Å². The van der Waals surface area contributed by atoms with Crippen molar-refractivity contribution in [3.05, 3.63) is 64.1 Å². The Morgan fingerprint density at radius 1 is 1.14 bits per heavy atom. The predicted molar refractivity (Wildman–Crippen MR) is 85.0 cm³/mol. The molecule has 0 atom stereocenters. The highest BCUT2D eigenvalue weighted by Gasteiger charge is 2.28. The van der Waals surface area contributed by atoms with Crippen molar-refractivity contribution in [2.24, 2.45) is 9.50 Å². The molecule has 3 rings (SSSR count). The van der Waals surface area contributed by atoms with Gasteiger partial charge in [0.25, 0.3) is 10.0 Å². The van der Waals surface area contributed by atoms with E-state index in [-0.39, 0.29) is 10.7 Å². The van der Waals surface area contributed by atoms with Crippen LogP contribution >= 0.6 is 15.9 Å². The van der Waals surface area contributed by atoms with Crippen LogP contribution in [0.4, 0.5) is 0 Å². The number of halogens is 1. The van der Waals surface area contributed by atoms with E-state index in [1.165, 1.54) is 6.07 Å². The van der Waals surface area contributed by atoms with Gasteiger partial charge in [0.2, 0.25) is 0 Å². The zero-order valence-electron chi connectivity index (χ0n) is 10.7. The lowest BCUT2D eigenvalue weighted by Gasteiger charge is -2.00. The van der Waals surface area contributed by atoms with E-state index in [4.69, 9.17) is 0 Å². The number of hydrogen-bond donors (Lipinski definition) is 1. The quantitative estimate of drug-likeness (QED) is 0.658. The Kier molecular flexibility index (Phi) is 3.60. The van der Waals surface area contributed by atoms with Gasteiger partial charge in [-0.15, -0.1) is 4.40 Å². The molecular formula is C14H10BrN3O2S. The van der Waals surface area contributed by atoms with E-state index in [1.807, 2.05) is 24.3 Å². The second-order valence-corrected chi connectivity index (χ2v) is 6.82. The third-order valence-corrected chi connectivity index (χ3v) is 4.69. The summed E-state index contributed by atoms with van der Waals surface area (Å²) in [6.45, 7) is 0. The van der Waals surface area contributed by atoms with Crippen LogP contribution in [0, 0.1) is 0 Å². The molecule has 0 unspecified atom stereocenters. The van der Waals surface area contributed by atoms with Gasteiger partial charge in [-0.1, -0.05) is 40.2 Å².